The molecule has 0 fully saturated rings. The molecule has 0 atom stereocenters. The van der Waals surface area contributed by atoms with Crippen molar-refractivity contribution in [1.82, 2.24) is 4.72 Å². The van der Waals surface area contributed by atoms with E-state index in [-0.39, 0.29) is 23.7 Å². The van der Waals surface area contributed by atoms with E-state index in [0.717, 1.165) is 0 Å². The Hall–Kier alpha value is -1.44. The Morgan fingerprint density at radius 2 is 2.00 bits per heavy atom. The van der Waals surface area contributed by atoms with Gasteiger partial charge in [-0.3, -0.25) is 4.79 Å². The average molecular weight is 272 g/mol. The third kappa shape index (κ3) is 3.80. The fraction of sp³-hybridized carbons (Fsp3) is 0.364. The van der Waals surface area contributed by atoms with Crippen LogP contribution in [0.15, 0.2) is 29.2 Å². The number of carbonyl (C=O) groups excluding carboxylic acids is 1. The summed E-state index contributed by atoms with van der Waals surface area (Å²) in [6.07, 6.45) is 0. The molecule has 0 aliphatic rings. The van der Waals surface area contributed by atoms with Crippen LogP contribution in [-0.2, 0) is 19.6 Å². The van der Waals surface area contributed by atoms with Crippen molar-refractivity contribution in [3.63, 3.8) is 0 Å². The van der Waals surface area contributed by atoms with E-state index in [0.29, 0.717) is 0 Å². The van der Waals surface area contributed by atoms with E-state index in [2.05, 4.69) is 14.8 Å². The summed E-state index contributed by atoms with van der Waals surface area (Å²) < 4.78 is 30.8. The molecule has 6 nitrogen and oxygen atoms in total. The molecule has 0 aliphatic carbocycles. The molecule has 1 amide bonds. The van der Waals surface area contributed by atoms with Crippen molar-refractivity contribution < 1.29 is 17.9 Å². The summed E-state index contributed by atoms with van der Waals surface area (Å²) in [5.74, 6) is -0.406. The molecule has 0 heterocycles. The second kappa shape index (κ2) is 6.48. The molecule has 1 aromatic rings. The summed E-state index contributed by atoms with van der Waals surface area (Å²) in [7, 11) is -2.22. The molecule has 0 saturated heterocycles. The molecule has 1 aromatic carbocycles. The third-order valence-electron chi connectivity index (χ3n) is 2.06. The molecule has 0 bridgehead atoms. The Balaban J connectivity index is 3.03. The lowest BCUT2D eigenvalue weighted by atomic mass is 10.3. The highest BCUT2D eigenvalue weighted by Gasteiger charge is 2.18. The molecule has 0 spiro atoms. The molecule has 0 aromatic heterocycles. The van der Waals surface area contributed by atoms with Crippen LogP contribution in [0.1, 0.15) is 6.92 Å². The van der Waals surface area contributed by atoms with Gasteiger partial charge in [-0.1, -0.05) is 19.1 Å². The molecule has 7 heteroatoms. The predicted octanol–water partition coefficient (Wildman–Crippen LogP) is 0.570. The number of hydrogen-bond acceptors (Lipinski definition) is 4. The zero-order chi connectivity index (χ0) is 13.6. The lowest BCUT2D eigenvalue weighted by molar-refractivity contribution is -0.119. The van der Waals surface area contributed by atoms with E-state index in [1.807, 2.05) is 0 Å². The molecule has 2 N–H and O–H groups in total. The second-order valence-corrected chi connectivity index (χ2v) is 5.21. The van der Waals surface area contributed by atoms with Gasteiger partial charge >= 0.3 is 0 Å². The van der Waals surface area contributed by atoms with Gasteiger partial charge in [-0.15, -0.1) is 0 Å². The summed E-state index contributed by atoms with van der Waals surface area (Å²) in [6.45, 7) is 1.84. The molecular weight excluding hydrogens is 256 g/mol. The highest BCUT2D eigenvalue weighted by atomic mass is 32.2. The largest absolute Gasteiger partial charge is 0.375 e. The first-order chi connectivity index (χ1) is 8.51. The van der Waals surface area contributed by atoms with Crippen LogP contribution < -0.4 is 10.0 Å². The van der Waals surface area contributed by atoms with Crippen LogP contribution in [0.2, 0.25) is 0 Å². The summed E-state index contributed by atoms with van der Waals surface area (Å²) in [6, 6.07) is 6.20. The maximum absolute atomic E-state index is 11.9. The quantitative estimate of drug-likeness (QED) is 0.793. The number of sulfonamides is 1. The molecule has 18 heavy (non-hydrogen) atoms. The Morgan fingerprint density at radius 3 is 2.61 bits per heavy atom. The average Bonchev–Trinajstić information content (AvgIpc) is 2.29. The van der Waals surface area contributed by atoms with Gasteiger partial charge in [-0.25, -0.2) is 13.1 Å². The summed E-state index contributed by atoms with van der Waals surface area (Å²) in [5.41, 5.74) is 0.237. The van der Waals surface area contributed by atoms with E-state index in [9.17, 15) is 13.2 Å². The Morgan fingerprint density at radius 1 is 1.33 bits per heavy atom. The Kier molecular flexibility index (Phi) is 5.26. The van der Waals surface area contributed by atoms with Gasteiger partial charge in [0.15, 0.2) is 0 Å². The Bertz CT molecular complexity index is 514. The standard InChI is InChI=1S/C11H16N2O4S/c1-3-12-18(15,16)10-7-5-4-6-9(10)13-11(14)8-17-2/h4-7,12H,3,8H2,1-2H3,(H,13,14). The fourth-order valence-electron chi connectivity index (χ4n) is 1.39. The minimum absolute atomic E-state index is 0.0382. The fourth-order valence-corrected chi connectivity index (χ4v) is 2.59. The number of hydrogen-bond donors (Lipinski definition) is 2. The van der Waals surface area contributed by atoms with Crippen molar-refractivity contribution in [3.05, 3.63) is 24.3 Å². The van der Waals surface area contributed by atoms with Crippen molar-refractivity contribution in [2.75, 3.05) is 25.6 Å². The highest BCUT2D eigenvalue weighted by molar-refractivity contribution is 7.89. The molecule has 0 unspecified atom stereocenters. The van der Waals surface area contributed by atoms with Gasteiger partial charge in [-0.2, -0.15) is 0 Å². The van der Waals surface area contributed by atoms with Gasteiger partial charge in [-0.05, 0) is 12.1 Å². The number of methoxy groups -OCH3 is 1. The smallest absolute Gasteiger partial charge is 0.250 e. The first kappa shape index (κ1) is 14.6. The topological polar surface area (TPSA) is 84.5 Å². The van der Waals surface area contributed by atoms with Gasteiger partial charge < -0.3 is 10.1 Å². The monoisotopic (exact) mass is 272 g/mol. The van der Waals surface area contributed by atoms with Gasteiger partial charge in [0.05, 0.1) is 5.69 Å². The summed E-state index contributed by atoms with van der Waals surface area (Å²) >= 11 is 0. The molecular formula is C11H16N2O4S. The van der Waals surface area contributed by atoms with E-state index < -0.39 is 15.9 Å². The zero-order valence-electron chi connectivity index (χ0n) is 10.3. The minimum Gasteiger partial charge on any atom is -0.375 e. The van der Waals surface area contributed by atoms with E-state index >= 15 is 0 Å². The number of carbonyl (C=O) groups is 1. The lowest BCUT2D eigenvalue weighted by Crippen LogP contribution is -2.25. The predicted molar refractivity (Wildman–Crippen MR) is 67.8 cm³/mol. The van der Waals surface area contributed by atoms with E-state index in [1.165, 1.54) is 19.2 Å². The lowest BCUT2D eigenvalue weighted by Gasteiger charge is -2.11. The van der Waals surface area contributed by atoms with Crippen molar-refractivity contribution in [2.45, 2.75) is 11.8 Å². The van der Waals surface area contributed by atoms with Crippen molar-refractivity contribution in [2.24, 2.45) is 0 Å². The van der Waals surface area contributed by atoms with Gasteiger partial charge in [0.25, 0.3) is 0 Å². The maximum atomic E-state index is 11.9. The highest BCUT2D eigenvalue weighted by Crippen LogP contribution is 2.20. The number of nitrogens with one attached hydrogen (secondary N) is 2. The molecule has 0 saturated carbocycles. The Labute approximate surface area is 106 Å². The second-order valence-electron chi connectivity index (χ2n) is 3.48. The van der Waals surface area contributed by atoms with E-state index in [4.69, 9.17) is 0 Å². The van der Waals surface area contributed by atoms with Crippen LogP contribution in [0.5, 0.6) is 0 Å². The molecule has 100 valence electrons. The van der Waals surface area contributed by atoms with Crippen molar-refractivity contribution in [1.29, 1.82) is 0 Å². The number of rotatable bonds is 6. The summed E-state index contributed by atoms with van der Waals surface area (Å²) in [5, 5.41) is 2.49. The molecule has 0 aliphatic heterocycles. The van der Waals surface area contributed by atoms with Crippen LogP contribution in [0.3, 0.4) is 0 Å². The van der Waals surface area contributed by atoms with Crippen LogP contribution in [0.25, 0.3) is 0 Å². The normalized spacial score (nSPS) is 11.2. The first-order valence-electron chi connectivity index (χ1n) is 5.38. The molecule has 1 rings (SSSR count). The maximum Gasteiger partial charge on any atom is 0.250 e. The molecule has 0 radical (unpaired) electrons. The van der Waals surface area contributed by atoms with Gasteiger partial charge in [0.2, 0.25) is 15.9 Å². The van der Waals surface area contributed by atoms with Crippen LogP contribution in [0, 0.1) is 0 Å². The first-order valence-corrected chi connectivity index (χ1v) is 6.87. The van der Waals surface area contributed by atoms with Crippen molar-refractivity contribution in [3.8, 4) is 0 Å². The number of para-hydroxylation sites is 1. The number of ether oxygens (including phenoxy) is 1. The third-order valence-corrected chi connectivity index (χ3v) is 3.66. The number of amides is 1. The zero-order valence-corrected chi connectivity index (χ0v) is 11.1. The number of benzene rings is 1. The SMILES string of the molecule is CCNS(=O)(=O)c1ccccc1NC(=O)COC. The number of anilines is 1. The van der Waals surface area contributed by atoms with E-state index in [1.54, 1.807) is 19.1 Å². The van der Waals surface area contributed by atoms with Crippen LogP contribution in [0.4, 0.5) is 5.69 Å². The van der Waals surface area contributed by atoms with Gasteiger partial charge in [0.1, 0.15) is 11.5 Å². The van der Waals surface area contributed by atoms with Gasteiger partial charge in [0, 0.05) is 13.7 Å². The summed E-state index contributed by atoms with van der Waals surface area (Å²) in [4.78, 5) is 11.4. The van der Waals surface area contributed by atoms with Crippen molar-refractivity contribution >= 4 is 21.6 Å². The minimum atomic E-state index is -3.61. The van der Waals surface area contributed by atoms with Crippen LogP contribution in [-0.4, -0.2) is 34.6 Å². The van der Waals surface area contributed by atoms with Crippen LogP contribution >= 0.6 is 0 Å².